The zero-order chi connectivity index (χ0) is 19.2. The van der Waals surface area contributed by atoms with Crippen LogP contribution in [0.3, 0.4) is 0 Å². The molecule has 0 aliphatic heterocycles. The van der Waals surface area contributed by atoms with Crippen LogP contribution in [-0.4, -0.2) is 30.7 Å². The van der Waals surface area contributed by atoms with Crippen LogP contribution in [0.15, 0.2) is 54.6 Å². The number of hydrazine groups is 1. The number of halogens is 1. The Morgan fingerprint density at radius 2 is 1.96 bits per heavy atom. The second kappa shape index (κ2) is 8.33. The van der Waals surface area contributed by atoms with Gasteiger partial charge in [0.2, 0.25) is 0 Å². The second-order valence-corrected chi connectivity index (χ2v) is 5.76. The normalized spacial score (nSPS) is 11.3. The number of hydrogen-bond donors (Lipinski definition) is 4. The highest BCUT2D eigenvalue weighted by Gasteiger charge is 2.12. The van der Waals surface area contributed by atoms with E-state index in [4.69, 9.17) is 10.6 Å². The van der Waals surface area contributed by atoms with Gasteiger partial charge in [0.25, 0.3) is 0 Å². The Balaban J connectivity index is 2.05. The van der Waals surface area contributed by atoms with E-state index in [1.807, 2.05) is 12.1 Å². The van der Waals surface area contributed by atoms with Crippen LogP contribution < -0.4 is 26.6 Å². The number of methoxy groups -OCH3 is 1. The predicted molar refractivity (Wildman–Crippen MR) is 104 cm³/mol. The minimum absolute atomic E-state index is 0.282. The Bertz CT molecular complexity index is 958. The number of nitrogens with zero attached hydrogens (tertiary/aromatic N) is 2. The molecule has 3 aromatic rings. The number of aromatic nitrogens is 2. The van der Waals surface area contributed by atoms with E-state index in [9.17, 15) is 4.39 Å². The van der Waals surface area contributed by atoms with Crippen LogP contribution >= 0.6 is 0 Å². The van der Waals surface area contributed by atoms with E-state index in [1.54, 1.807) is 32.5 Å². The molecule has 0 radical (unpaired) electrons. The van der Waals surface area contributed by atoms with Crippen molar-refractivity contribution in [2.75, 3.05) is 26.0 Å². The van der Waals surface area contributed by atoms with Gasteiger partial charge < -0.3 is 20.8 Å². The minimum Gasteiger partial charge on any atom is -0.494 e. The molecule has 0 fully saturated rings. The van der Waals surface area contributed by atoms with E-state index in [0.29, 0.717) is 23.6 Å². The summed E-state index contributed by atoms with van der Waals surface area (Å²) in [6, 6.07) is 10.1. The smallest absolute Gasteiger partial charge is 0.145 e. The quantitative estimate of drug-likeness (QED) is 0.375. The van der Waals surface area contributed by atoms with Crippen molar-refractivity contribution < 1.29 is 9.13 Å². The first-order valence-electron chi connectivity index (χ1n) is 8.31. The van der Waals surface area contributed by atoms with Crippen LogP contribution in [-0.2, 0) is 0 Å². The summed E-state index contributed by atoms with van der Waals surface area (Å²) < 4.78 is 18.8. The SMILES string of the molecule is CN/C=C(/CNc1ncnc2c(OC)cc(-c3ccc(F)cc3)cc12)NN. The fourth-order valence-corrected chi connectivity index (χ4v) is 2.74. The molecule has 3 rings (SSSR count). The molecule has 0 aliphatic carbocycles. The van der Waals surface area contributed by atoms with E-state index in [0.717, 1.165) is 22.2 Å². The van der Waals surface area contributed by atoms with Gasteiger partial charge in [-0.3, -0.25) is 5.84 Å². The number of benzene rings is 2. The number of ether oxygens (including phenoxy) is 1. The van der Waals surface area contributed by atoms with E-state index >= 15 is 0 Å². The molecule has 0 bridgehead atoms. The van der Waals surface area contributed by atoms with E-state index < -0.39 is 0 Å². The van der Waals surface area contributed by atoms with Gasteiger partial charge in [-0.2, -0.15) is 0 Å². The zero-order valence-corrected chi connectivity index (χ0v) is 15.1. The van der Waals surface area contributed by atoms with Gasteiger partial charge in [0.05, 0.1) is 19.4 Å². The first-order valence-corrected chi connectivity index (χ1v) is 8.31. The summed E-state index contributed by atoms with van der Waals surface area (Å²) in [5.41, 5.74) is 5.80. The Hall–Kier alpha value is -3.39. The lowest BCUT2D eigenvalue weighted by Gasteiger charge is -2.14. The summed E-state index contributed by atoms with van der Waals surface area (Å²) in [5, 5.41) is 6.95. The topological polar surface area (TPSA) is 97.1 Å². The first-order chi connectivity index (χ1) is 13.2. The molecular weight excluding hydrogens is 347 g/mol. The van der Waals surface area contributed by atoms with Crippen LogP contribution in [0.4, 0.5) is 10.2 Å². The van der Waals surface area contributed by atoms with Crippen molar-refractivity contribution in [2.45, 2.75) is 0 Å². The maximum Gasteiger partial charge on any atom is 0.145 e. The monoisotopic (exact) mass is 368 g/mol. The maximum absolute atomic E-state index is 13.3. The Morgan fingerprint density at radius 1 is 1.19 bits per heavy atom. The fraction of sp³-hybridized carbons (Fsp3) is 0.158. The maximum atomic E-state index is 13.3. The number of fused-ring (bicyclic) bond motifs is 1. The molecule has 140 valence electrons. The van der Waals surface area contributed by atoms with Crippen LogP contribution in [0, 0.1) is 5.82 Å². The van der Waals surface area contributed by atoms with Crippen LogP contribution in [0.25, 0.3) is 22.0 Å². The molecule has 0 spiro atoms. The molecule has 5 N–H and O–H groups in total. The van der Waals surface area contributed by atoms with Crippen molar-refractivity contribution in [3.8, 4) is 16.9 Å². The molecular formula is C19H21FN6O. The molecule has 2 aromatic carbocycles. The Kier molecular flexibility index (Phi) is 5.68. The van der Waals surface area contributed by atoms with E-state index in [2.05, 4.69) is 26.0 Å². The number of nitrogens with one attached hydrogen (secondary N) is 3. The molecule has 0 aliphatic rings. The van der Waals surface area contributed by atoms with Gasteiger partial charge >= 0.3 is 0 Å². The van der Waals surface area contributed by atoms with Gasteiger partial charge in [-0.15, -0.1) is 0 Å². The highest BCUT2D eigenvalue weighted by atomic mass is 19.1. The molecule has 0 unspecified atom stereocenters. The third-order valence-electron chi connectivity index (χ3n) is 4.05. The summed E-state index contributed by atoms with van der Waals surface area (Å²) >= 11 is 0. The lowest BCUT2D eigenvalue weighted by molar-refractivity contribution is 0.419. The van der Waals surface area contributed by atoms with Crippen LogP contribution in [0.5, 0.6) is 5.75 Å². The molecule has 0 atom stereocenters. The molecule has 1 heterocycles. The van der Waals surface area contributed by atoms with Crippen molar-refractivity contribution in [3.63, 3.8) is 0 Å². The van der Waals surface area contributed by atoms with Crippen molar-refractivity contribution in [2.24, 2.45) is 5.84 Å². The summed E-state index contributed by atoms with van der Waals surface area (Å²) in [5.74, 6) is 6.48. The largest absolute Gasteiger partial charge is 0.494 e. The number of hydrogen-bond acceptors (Lipinski definition) is 7. The van der Waals surface area contributed by atoms with Gasteiger partial charge in [-0.25, -0.2) is 14.4 Å². The molecule has 7 nitrogen and oxygen atoms in total. The Labute approximate surface area is 156 Å². The molecule has 27 heavy (non-hydrogen) atoms. The average molecular weight is 368 g/mol. The van der Waals surface area contributed by atoms with Crippen molar-refractivity contribution >= 4 is 16.7 Å². The van der Waals surface area contributed by atoms with Crippen LogP contribution in [0.2, 0.25) is 0 Å². The van der Waals surface area contributed by atoms with Crippen molar-refractivity contribution in [1.82, 2.24) is 20.7 Å². The van der Waals surface area contributed by atoms with Gasteiger partial charge in [-0.1, -0.05) is 12.1 Å². The molecule has 0 amide bonds. The van der Waals surface area contributed by atoms with Gasteiger partial charge in [0, 0.05) is 18.6 Å². The van der Waals surface area contributed by atoms with Crippen LogP contribution in [0.1, 0.15) is 0 Å². The van der Waals surface area contributed by atoms with E-state index in [-0.39, 0.29) is 5.82 Å². The highest BCUT2D eigenvalue weighted by Crippen LogP contribution is 2.34. The number of nitrogens with two attached hydrogens (primary N) is 1. The first kappa shape index (κ1) is 18.4. The summed E-state index contributed by atoms with van der Waals surface area (Å²) in [4.78, 5) is 8.69. The molecule has 1 aromatic heterocycles. The minimum atomic E-state index is -0.282. The standard InChI is InChI=1S/C19H21FN6O/c1-22-9-15(26-21)10-23-19-16-7-13(12-3-5-14(20)6-4-12)8-17(27-2)18(16)24-11-25-19/h3-9,11,22,26H,10,21H2,1-2H3,(H,23,24,25)/b15-9-. The van der Waals surface area contributed by atoms with Gasteiger partial charge in [-0.05, 0) is 35.4 Å². The predicted octanol–water partition coefficient (Wildman–Crippen LogP) is 2.38. The summed E-state index contributed by atoms with van der Waals surface area (Å²) in [6.07, 6.45) is 3.23. The van der Waals surface area contributed by atoms with Crippen molar-refractivity contribution in [3.05, 3.63) is 60.4 Å². The lowest BCUT2D eigenvalue weighted by atomic mass is 10.0. The molecule has 0 saturated heterocycles. The Morgan fingerprint density at radius 3 is 2.63 bits per heavy atom. The number of rotatable bonds is 7. The lowest BCUT2D eigenvalue weighted by Crippen LogP contribution is -2.27. The zero-order valence-electron chi connectivity index (χ0n) is 15.1. The fourth-order valence-electron chi connectivity index (χ4n) is 2.74. The summed E-state index contributed by atoms with van der Waals surface area (Å²) in [7, 11) is 3.38. The molecule has 8 heteroatoms. The third-order valence-corrected chi connectivity index (χ3v) is 4.05. The van der Waals surface area contributed by atoms with Crippen molar-refractivity contribution in [1.29, 1.82) is 0 Å². The average Bonchev–Trinajstić information content (AvgIpc) is 2.70. The van der Waals surface area contributed by atoms with Gasteiger partial charge in [0.1, 0.15) is 29.2 Å². The second-order valence-electron chi connectivity index (χ2n) is 5.76. The third kappa shape index (κ3) is 4.06. The highest BCUT2D eigenvalue weighted by molar-refractivity contribution is 5.96. The van der Waals surface area contributed by atoms with E-state index in [1.165, 1.54) is 18.5 Å². The molecule has 0 saturated carbocycles. The number of anilines is 1. The van der Waals surface area contributed by atoms with Gasteiger partial charge in [0.15, 0.2) is 0 Å². The summed E-state index contributed by atoms with van der Waals surface area (Å²) in [6.45, 7) is 0.437.